The van der Waals surface area contributed by atoms with E-state index in [-0.39, 0.29) is 42.3 Å². The molecular weight excluding hydrogens is 393 g/mol. The van der Waals surface area contributed by atoms with E-state index in [2.05, 4.69) is 21.0 Å². The fourth-order valence-corrected chi connectivity index (χ4v) is 4.24. The predicted octanol–water partition coefficient (Wildman–Crippen LogP) is 0.368. The van der Waals surface area contributed by atoms with Crippen LogP contribution in [0.4, 0.5) is 4.39 Å². The van der Waals surface area contributed by atoms with Crippen LogP contribution in [0.25, 0.3) is 0 Å². The lowest BCUT2D eigenvalue weighted by atomic mass is 10.00. The molecule has 5 rings (SSSR count). The molecule has 0 aliphatic carbocycles. The smallest absolute Gasteiger partial charge is 0.246 e. The Morgan fingerprint density at radius 2 is 2.13 bits per heavy atom. The Morgan fingerprint density at radius 1 is 1.33 bits per heavy atom. The molecule has 1 amide bonds. The SMILES string of the molecule is CC1CNN2NC(N)N(Cc3nc([C@@H]4CO[C@@H](c5ccc(F)cc5)C4)no3)C(=O)C12. The number of carbonyl (C=O) groups excluding carboxylic acids is 1. The minimum atomic E-state index is -0.695. The topological polar surface area (TPSA) is 122 Å². The number of halogens is 1. The molecule has 5 atom stereocenters. The minimum absolute atomic E-state index is 0.0315. The number of ether oxygens (including phenoxy) is 1. The molecule has 4 heterocycles. The second kappa shape index (κ2) is 7.67. The number of nitrogens with zero attached hydrogens (tertiary/aromatic N) is 4. The third-order valence-corrected chi connectivity index (χ3v) is 5.94. The first-order chi connectivity index (χ1) is 14.5. The highest BCUT2D eigenvalue weighted by Gasteiger charge is 2.46. The van der Waals surface area contributed by atoms with Crippen LogP contribution in [-0.4, -0.2) is 51.5 Å². The number of nitrogens with two attached hydrogens (primary N) is 1. The third-order valence-electron chi connectivity index (χ3n) is 5.94. The highest BCUT2D eigenvalue weighted by atomic mass is 19.1. The van der Waals surface area contributed by atoms with Crippen LogP contribution in [0.3, 0.4) is 0 Å². The summed E-state index contributed by atoms with van der Waals surface area (Å²) in [5, 5.41) is 5.77. The lowest BCUT2D eigenvalue weighted by Gasteiger charge is -2.41. The van der Waals surface area contributed by atoms with Crippen LogP contribution in [0.2, 0.25) is 0 Å². The van der Waals surface area contributed by atoms with Crippen molar-refractivity contribution < 1.29 is 18.4 Å². The van der Waals surface area contributed by atoms with Gasteiger partial charge in [-0.15, -0.1) is 0 Å². The molecule has 10 nitrogen and oxygen atoms in total. The van der Waals surface area contributed by atoms with Crippen LogP contribution >= 0.6 is 0 Å². The average Bonchev–Trinajstić information content (AvgIpc) is 3.46. The molecule has 4 N–H and O–H groups in total. The van der Waals surface area contributed by atoms with Crippen molar-refractivity contribution in [2.75, 3.05) is 13.2 Å². The normalized spacial score (nSPS) is 32.0. The van der Waals surface area contributed by atoms with Crippen LogP contribution < -0.4 is 16.6 Å². The number of hydrazine groups is 2. The van der Waals surface area contributed by atoms with Gasteiger partial charge in [-0.25, -0.2) is 15.2 Å². The monoisotopic (exact) mass is 417 g/mol. The lowest BCUT2D eigenvalue weighted by Crippen LogP contribution is -2.71. The van der Waals surface area contributed by atoms with Gasteiger partial charge in [-0.2, -0.15) is 10.1 Å². The quantitative estimate of drug-likeness (QED) is 0.648. The average molecular weight is 417 g/mol. The van der Waals surface area contributed by atoms with Crippen molar-refractivity contribution in [2.45, 2.75) is 44.2 Å². The van der Waals surface area contributed by atoms with Crippen LogP contribution in [0.1, 0.15) is 42.6 Å². The van der Waals surface area contributed by atoms with Gasteiger partial charge in [0.25, 0.3) is 0 Å². The number of nitrogens with one attached hydrogen (secondary N) is 2. The molecule has 0 saturated carbocycles. The van der Waals surface area contributed by atoms with Crippen LogP contribution in [0.5, 0.6) is 0 Å². The Hall–Kier alpha value is -2.44. The summed E-state index contributed by atoms with van der Waals surface area (Å²) in [5.41, 5.74) is 13.2. The molecule has 160 valence electrons. The molecule has 30 heavy (non-hydrogen) atoms. The van der Waals surface area contributed by atoms with Crippen molar-refractivity contribution in [1.82, 2.24) is 31.0 Å². The summed E-state index contributed by atoms with van der Waals surface area (Å²) in [5.74, 6) is 0.625. The summed E-state index contributed by atoms with van der Waals surface area (Å²) in [6, 6.07) is 5.97. The van der Waals surface area contributed by atoms with Crippen LogP contribution in [0, 0.1) is 11.7 Å². The molecule has 0 spiro atoms. The molecule has 11 heteroatoms. The third kappa shape index (κ3) is 3.48. The predicted molar refractivity (Wildman–Crippen MR) is 101 cm³/mol. The largest absolute Gasteiger partial charge is 0.373 e. The van der Waals surface area contributed by atoms with Crippen molar-refractivity contribution in [1.29, 1.82) is 0 Å². The summed E-state index contributed by atoms with van der Waals surface area (Å²) in [6.45, 7) is 3.29. The second-order valence-electron chi connectivity index (χ2n) is 8.05. The molecule has 3 saturated heterocycles. The molecule has 3 fully saturated rings. The minimum Gasteiger partial charge on any atom is -0.373 e. The molecule has 3 aliphatic heterocycles. The highest BCUT2D eigenvalue weighted by molar-refractivity contribution is 5.83. The van der Waals surface area contributed by atoms with Gasteiger partial charge >= 0.3 is 0 Å². The summed E-state index contributed by atoms with van der Waals surface area (Å²) in [6.07, 6.45) is -0.157. The van der Waals surface area contributed by atoms with Gasteiger partial charge in [0.1, 0.15) is 24.7 Å². The van der Waals surface area contributed by atoms with Gasteiger partial charge in [0, 0.05) is 12.5 Å². The van der Waals surface area contributed by atoms with Gasteiger partial charge in [-0.3, -0.25) is 10.5 Å². The van der Waals surface area contributed by atoms with E-state index < -0.39 is 6.29 Å². The second-order valence-corrected chi connectivity index (χ2v) is 8.05. The summed E-state index contributed by atoms with van der Waals surface area (Å²) in [4.78, 5) is 18.9. The lowest BCUT2D eigenvalue weighted by molar-refractivity contribution is -0.156. The number of rotatable bonds is 4. The zero-order chi connectivity index (χ0) is 20.8. The van der Waals surface area contributed by atoms with E-state index in [1.807, 2.05) is 6.92 Å². The summed E-state index contributed by atoms with van der Waals surface area (Å²) >= 11 is 0. The Morgan fingerprint density at radius 3 is 2.93 bits per heavy atom. The first-order valence-electron chi connectivity index (χ1n) is 10.0. The fraction of sp³-hybridized carbons (Fsp3) is 0.526. The summed E-state index contributed by atoms with van der Waals surface area (Å²) < 4.78 is 24.4. The maximum absolute atomic E-state index is 13.1. The number of hydrogen-bond donors (Lipinski definition) is 3. The Bertz CT molecular complexity index is 923. The number of benzene rings is 1. The summed E-state index contributed by atoms with van der Waals surface area (Å²) in [7, 11) is 0. The van der Waals surface area contributed by atoms with Crippen molar-refractivity contribution >= 4 is 5.91 Å². The number of fused-ring (bicyclic) bond motifs is 1. The molecule has 0 radical (unpaired) electrons. The van der Waals surface area contributed by atoms with Gasteiger partial charge in [0.2, 0.25) is 11.8 Å². The van der Waals surface area contributed by atoms with E-state index >= 15 is 0 Å². The molecular formula is C19H24FN7O3. The molecule has 2 aromatic rings. The maximum atomic E-state index is 13.1. The molecule has 1 aromatic heterocycles. The van der Waals surface area contributed by atoms with Gasteiger partial charge in [0.15, 0.2) is 5.82 Å². The zero-order valence-corrected chi connectivity index (χ0v) is 16.5. The number of hydrogen-bond acceptors (Lipinski definition) is 9. The molecule has 0 bridgehead atoms. The van der Waals surface area contributed by atoms with Gasteiger partial charge < -0.3 is 14.2 Å². The fourth-order valence-electron chi connectivity index (χ4n) is 4.24. The van der Waals surface area contributed by atoms with Gasteiger partial charge in [0.05, 0.1) is 12.7 Å². The molecule has 3 aliphatic rings. The van der Waals surface area contributed by atoms with E-state index in [1.54, 1.807) is 17.3 Å². The number of amides is 1. The van der Waals surface area contributed by atoms with Gasteiger partial charge in [-0.05, 0) is 30.0 Å². The first kappa shape index (κ1) is 19.5. The van der Waals surface area contributed by atoms with E-state index in [4.69, 9.17) is 15.0 Å². The van der Waals surface area contributed by atoms with Crippen LogP contribution in [0.15, 0.2) is 28.8 Å². The van der Waals surface area contributed by atoms with Crippen molar-refractivity contribution in [3.05, 3.63) is 47.4 Å². The Kier molecular flexibility index (Phi) is 4.99. The van der Waals surface area contributed by atoms with Gasteiger partial charge in [-0.1, -0.05) is 24.2 Å². The molecule has 3 unspecified atom stereocenters. The zero-order valence-electron chi connectivity index (χ0n) is 16.5. The van der Waals surface area contributed by atoms with E-state index in [0.717, 1.165) is 5.56 Å². The first-order valence-corrected chi connectivity index (χ1v) is 10.0. The van der Waals surface area contributed by atoms with E-state index in [9.17, 15) is 9.18 Å². The molecule has 1 aromatic carbocycles. The standard InChI is InChI=1S/C19H24FN7O3/c1-10-7-22-27-16(10)18(28)26(19(21)24-27)8-15-23-17(25-30-15)12-6-14(29-9-12)11-2-4-13(20)5-3-11/h2-5,10,12,14,16,19,22,24H,6-9,21H2,1H3/t10?,12-,14+,16?,19?/m0/s1. The van der Waals surface area contributed by atoms with E-state index in [1.165, 1.54) is 17.0 Å². The van der Waals surface area contributed by atoms with E-state index in [0.29, 0.717) is 31.3 Å². The Balaban J connectivity index is 1.25. The van der Waals surface area contributed by atoms with Crippen molar-refractivity contribution in [2.24, 2.45) is 11.7 Å². The van der Waals surface area contributed by atoms with Crippen LogP contribution in [-0.2, 0) is 16.1 Å². The number of carbonyl (C=O) groups is 1. The highest BCUT2D eigenvalue weighted by Crippen LogP contribution is 2.37. The maximum Gasteiger partial charge on any atom is 0.246 e. The van der Waals surface area contributed by atoms with Crippen molar-refractivity contribution in [3.63, 3.8) is 0 Å². The Labute approximate surface area is 172 Å². The number of aromatic nitrogens is 2. The van der Waals surface area contributed by atoms with Crippen molar-refractivity contribution in [3.8, 4) is 0 Å².